The lowest BCUT2D eigenvalue weighted by atomic mass is 10.2. The fraction of sp³-hybridized carbons (Fsp3) is 0.278. The molecule has 0 fully saturated rings. The van der Waals surface area contributed by atoms with E-state index in [1.807, 2.05) is 0 Å². The van der Waals surface area contributed by atoms with E-state index in [9.17, 15) is 26.4 Å². The number of carbonyl (C=O) groups is 1. The number of rotatable bonds is 5. The monoisotopic (exact) mass is 435 g/mol. The minimum atomic E-state index is -4.72. The van der Waals surface area contributed by atoms with Crippen molar-refractivity contribution in [1.29, 1.82) is 0 Å². The molecule has 2 aromatic carbocycles. The summed E-state index contributed by atoms with van der Waals surface area (Å²) in [6.45, 7) is 4.03. The molecule has 28 heavy (non-hydrogen) atoms. The SMILES string of the molecule is CC(=O)OC(C)N(c1cc(C(F)(F)F)ccc1Cl)S(=O)(=O)c1ccc(C)cc1. The van der Waals surface area contributed by atoms with Crippen LogP contribution >= 0.6 is 11.6 Å². The molecule has 0 saturated heterocycles. The van der Waals surface area contributed by atoms with Gasteiger partial charge in [0.1, 0.15) is 0 Å². The molecule has 0 heterocycles. The molecule has 5 nitrogen and oxygen atoms in total. The molecule has 10 heteroatoms. The summed E-state index contributed by atoms with van der Waals surface area (Å²) in [5.41, 5.74) is -0.757. The fourth-order valence-corrected chi connectivity index (χ4v) is 4.30. The molecule has 2 rings (SSSR count). The lowest BCUT2D eigenvalue weighted by molar-refractivity contribution is -0.145. The molecule has 2 aromatic rings. The van der Waals surface area contributed by atoms with Gasteiger partial charge in [0.05, 0.1) is 21.2 Å². The molecule has 0 saturated carbocycles. The quantitative estimate of drug-likeness (QED) is 0.501. The van der Waals surface area contributed by atoms with Crippen molar-refractivity contribution in [2.75, 3.05) is 4.31 Å². The molecular weight excluding hydrogens is 419 g/mol. The van der Waals surface area contributed by atoms with Crippen molar-refractivity contribution < 1.29 is 31.1 Å². The molecule has 0 bridgehead atoms. The fourth-order valence-electron chi connectivity index (χ4n) is 2.49. The van der Waals surface area contributed by atoms with E-state index in [0.29, 0.717) is 10.4 Å². The van der Waals surface area contributed by atoms with E-state index in [0.717, 1.165) is 24.6 Å². The summed E-state index contributed by atoms with van der Waals surface area (Å²) in [7, 11) is -4.40. The molecule has 0 aliphatic rings. The lowest BCUT2D eigenvalue weighted by Gasteiger charge is -2.30. The average molecular weight is 436 g/mol. The highest BCUT2D eigenvalue weighted by atomic mass is 35.5. The van der Waals surface area contributed by atoms with Crippen molar-refractivity contribution in [2.45, 2.75) is 38.1 Å². The highest BCUT2D eigenvalue weighted by Gasteiger charge is 2.36. The second-order valence-corrected chi connectivity index (χ2v) is 8.21. The minimum absolute atomic E-state index is 0.189. The number of benzene rings is 2. The van der Waals surface area contributed by atoms with E-state index >= 15 is 0 Å². The van der Waals surface area contributed by atoms with Crippen molar-refractivity contribution in [1.82, 2.24) is 0 Å². The first-order chi connectivity index (χ1) is 12.8. The summed E-state index contributed by atoms with van der Waals surface area (Å²) in [4.78, 5) is 11.2. The Hall–Kier alpha value is -2.26. The number of sulfonamides is 1. The van der Waals surface area contributed by atoms with Gasteiger partial charge in [0.15, 0.2) is 6.23 Å². The Bertz CT molecular complexity index is 975. The summed E-state index contributed by atoms with van der Waals surface area (Å²) in [5.74, 6) is -0.806. The number of nitrogens with zero attached hydrogens (tertiary/aromatic N) is 1. The molecule has 0 radical (unpaired) electrons. The third kappa shape index (κ3) is 4.77. The molecule has 1 unspecified atom stereocenters. The Morgan fingerprint density at radius 1 is 1.14 bits per heavy atom. The Morgan fingerprint density at radius 2 is 1.71 bits per heavy atom. The van der Waals surface area contributed by atoms with Gasteiger partial charge < -0.3 is 4.74 Å². The molecule has 152 valence electrons. The number of hydrogen-bond acceptors (Lipinski definition) is 4. The Morgan fingerprint density at radius 3 is 2.21 bits per heavy atom. The minimum Gasteiger partial charge on any atom is -0.441 e. The highest BCUT2D eigenvalue weighted by molar-refractivity contribution is 7.92. The van der Waals surface area contributed by atoms with Crippen molar-refractivity contribution in [3.05, 3.63) is 58.6 Å². The summed E-state index contributed by atoms with van der Waals surface area (Å²) in [6, 6.07) is 7.97. The van der Waals surface area contributed by atoms with Crippen LogP contribution in [0.4, 0.5) is 18.9 Å². The van der Waals surface area contributed by atoms with Crippen molar-refractivity contribution in [2.24, 2.45) is 0 Å². The number of halogens is 4. The van der Waals surface area contributed by atoms with E-state index in [1.54, 1.807) is 6.92 Å². The van der Waals surface area contributed by atoms with Crippen LogP contribution in [-0.2, 0) is 25.7 Å². The largest absolute Gasteiger partial charge is 0.441 e. The van der Waals surface area contributed by atoms with Crippen LogP contribution in [-0.4, -0.2) is 20.6 Å². The first-order valence-electron chi connectivity index (χ1n) is 7.99. The Kier molecular flexibility index (Phi) is 6.30. The second-order valence-electron chi connectivity index (χ2n) is 5.99. The summed E-state index contributed by atoms with van der Waals surface area (Å²) < 4.78 is 71.3. The highest BCUT2D eigenvalue weighted by Crippen LogP contribution is 2.38. The van der Waals surface area contributed by atoms with Crippen LogP contribution in [0, 0.1) is 6.92 Å². The van der Waals surface area contributed by atoms with E-state index in [-0.39, 0.29) is 9.92 Å². The zero-order chi connectivity index (χ0) is 21.3. The van der Waals surface area contributed by atoms with E-state index < -0.39 is 39.6 Å². The van der Waals surface area contributed by atoms with Crippen LogP contribution in [0.25, 0.3) is 0 Å². The predicted octanol–water partition coefficient (Wildman–Crippen LogP) is 4.77. The van der Waals surface area contributed by atoms with Gasteiger partial charge in [-0.1, -0.05) is 29.3 Å². The number of aryl methyl sites for hydroxylation is 1. The number of anilines is 1. The summed E-state index contributed by atoms with van der Waals surface area (Å²) in [5, 5.41) is -0.248. The van der Waals surface area contributed by atoms with E-state index in [1.165, 1.54) is 31.2 Å². The maximum absolute atomic E-state index is 13.2. The number of carbonyl (C=O) groups excluding carboxylic acids is 1. The topological polar surface area (TPSA) is 63.7 Å². The van der Waals surface area contributed by atoms with Gasteiger partial charge in [-0.2, -0.15) is 13.2 Å². The number of hydrogen-bond donors (Lipinski definition) is 0. The van der Waals surface area contributed by atoms with E-state index in [2.05, 4.69) is 0 Å². The zero-order valence-electron chi connectivity index (χ0n) is 15.1. The van der Waals surface area contributed by atoms with Crippen LogP contribution in [0.5, 0.6) is 0 Å². The third-order valence-electron chi connectivity index (χ3n) is 3.76. The van der Waals surface area contributed by atoms with Crippen LogP contribution in [0.2, 0.25) is 5.02 Å². The van der Waals surface area contributed by atoms with Gasteiger partial charge in [0.2, 0.25) is 0 Å². The average Bonchev–Trinajstić information content (AvgIpc) is 2.55. The van der Waals surface area contributed by atoms with Crippen molar-refractivity contribution in [3.8, 4) is 0 Å². The Labute approximate surface area is 165 Å². The molecule has 0 aromatic heterocycles. The Balaban J connectivity index is 2.70. The third-order valence-corrected chi connectivity index (χ3v) is 5.95. The zero-order valence-corrected chi connectivity index (χ0v) is 16.7. The van der Waals surface area contributed by atoms with Gasteiger partial charge in [-0.3, -0.25) is 4.79 Å². The van der Waals surface area contributed by atoms with Gasteiger partial charge in [-0.05, 0) is 44.2 Å². The number of esters is 1. The van der Waals surface area contributed by atoms with Crippen LogP contribution in [0.1, 0.15) is 25.0 Å². The molecule has 0 amide bonds. The maximum atomic E-state index is 13.2. The molecular formula is C18H17ClF3NO4S. The van der Waals surface area contributed by atoms with Crippen LogP contribution < -0.4 is 4.31 Å². The second kappa shape index (κ2) is 8.00. The van der Waals surface area contributed by atoms with Gasteiger partial charge in [-0.15, -0.1) is 0 Å². The smallest absolute Gasteiger partial charge is 0.416 e. The predicted molar refractivity (Wildman–Crippen MR) is 98.5 cm³/mol. The maximum Gasteiger partial charge on any atom is 0.416 e. The van der Waals surface area contributed by atoms with Crippen LogP contribution in [0.15, 0.2) is 47.4 Å². The summed E-state index contributed by atoms with van der Waals surface area (Å²) in [6.07, 6.45) is -6.16. The van der Waals surface area contributed by atoms with Crippen molar-refractivity contribution in [3.63, 3.8) is 0 Å². The van der Waals surface area contributed by atoms with Crippen LogP contribution in [0.3, 0.4) is 0 Å². The standard InChI is InChI=1S/C18H17ClF3NO4S/c1-11-4-7-15(8-5-11)28(25,26)23(12(2)27-13(3)24)17-10-14(18(20,21)22)6-9-16(17)19/h4-10,12H,1-3H3. The van der Waals surface area contributed by atoms with Crippen molar-refractivity contribution >= 4 is 33.3 Å². The van der Waals surface area contributed by atoms with Gasteiger partial charge in [0.25, 0.3) is 10.0 Å². The molecule has 0 aliphatic carbocycles. The van der Waals surface area contributed by atoms with E-state index in [4.69, 9.17) is 16.3 Å². The molecule has 0 N–H and O–H groups in total. The summed E-state index contributed by atoms with van der Waals surface area (Å²) >= 11 is 6.03. The molecule has 0 aliphatic heterocycles. The first kappa shape index (κ1) is 22.0. The number of alkyl halides is 3. The normalized spacial score (nSPS) is 13.1. The van der Waals surface area contributed by atoms with Gasteiger partial charge in [0, 0.05) is 6.92 Å². The molecule has 0 spiro atoms. The van der Waals surface area contributed by atoms with Gasteiger partial charge in [-0.25, -0.2) is 12.7 Å². The lowest BCUT2D eigenvalue weighted by Crippen LogP contribution is -2.41. The van der Waals surface area contributed by atoms with Gasteiger partial charge >= 0.3 is 12.1 Å². The molecule has 1 atom stereocenters. The first-order valence-corrected chi connectivity index (χ1v) is 9.81. The number of ether oxygens (including phenoxy) is 1.